The highest BCUT2D eigenvalue weighted by molar-refractivity contribution is 5.82. The van der Waals surface area contributed by atoms with Gasteiger partial charge in [-0.3, -0.25) is 9.59 Å². The number of amides is 1. The monoisotopic (exact) mass is 511 g/mol. The number of benzene rings is 2. The number of halogens is 1. The summed E-state index contributed by atoms with van der Waals surface area (Å²) in [7, 11) is 0. The van der Waals surface area contributed by atoms with Crippen molar-refractivity contribution < 1.29 is 28.6 Å². The van der Waals surface area contributed by atoms with Crippen LogP contribution in [-0.2, 0) is 14.3 Å². The standard InChI is InChI=1S/C30H38FNO5/c1-7-10-11-13-37-26-15-19(4)14-20(5)28(26)22-16-21(6)29(31)23(17-22)24(18-27(34)36-9-3)32-30(35)25(33)12-8-2/h7-8,14-17,24-25,33H,1-2,9-13,18H2,3-6H3,(H,32,35)/t24-,25+/m0/s1. The molecular weight excluding hydrogens is 473 g/mol. The number of aliphatic hydroxyl groups excluding tert-OH is 1. The van der Waals surface area contributed by atoms with Crippen molar-refractivity contribution in [2.45, 2.75) is 65.5 Å². The fraction of sp³-hybridized carbons (Fsp3) is 0.400. The Morgan fingerprint density at radius 3 is 2.49 bits per heavy atom. The van der Waals surface area contributed by atoms with E-state index in [-0.39, 0.29) is 25.0 Å². The average Bonchev–Trinajstić information content (AvgIpc) is 2.83. The lowest BCUT2D eigenvalue weighted by Gasteiger charge is -2.23. The summed E-state index contributed by atoms with van der Waals surface area (Å²) in [5.74, 6) is -1.19. The van der Waals surface area contributed by atoms with Gasteiger partial charge in [0.15, 0.2) is 0 Å². The van der Waals surface area contributed by atoms with Crippen LogP contribution in [0.15, 0.2) is 49.6 Å². The Hall–Kier alpha value is -3.45. The molecule has 0 bridgehead atoms. The number of aliphatic hydroxyl groups is 1. The molecule has 0 fully saturated rings. The van der Waals surface area contributed by atoms with Gasteiger partial charge in [-0.1, -0.05) is 18.2 Å². The maximum absolute atomic E-state index is 15.5. The molecule has 37 heavy (non-hydrogen) atoms. The first-order valence-electron chi connectivity index (χ1n) is 12.5. The number of carbonyl (C=O) groups excluding carboxylic acids is 2. The number of rotatable bonds is 14. The first-order valence-corrected chi connectivity index (χ1v) is 12.5. The lowest BCUT2D eigenvalue weighted by atomic mass is 9.91. The van der Waals surface area contributed by atoms with Crippen LogP contribution in [0.1, 0.15) is 60.9 Å². The van der Waals surface area contributed by atoms with Crippen molar-refractivity contribution in [3.05, 3.63) is 77.6 Å². The lowest BCUT2D eigenvalue weighted by Crippen LogP contribution is -2.38. The van der Waals surface area contributed by atoms with Crippen molar-refractivity contribution >= 4 is 11.9 Å². The minimum Gasteiger partial charge on any atom is -0.493 e. The average molecular weight is 512 g/mol. The maximum atomic E-state index is 15.5. The highest BCUT2D eigenvalue weighted by Crippen LogP contribution is 2.38. The number of esters is 1. The molecule has 2 rings (SSSR count). The second-order valence-corrected chi connectivity index (χ2v) is 9.04. The zero-order chi connectivity index (χ0) is 27.5. The Morgan fingerprint density at radius 1 is 1.11 bits per heavy atom. The molecule has 2 aromatic rings. The second kappa shape index (κ2) is 14.3. The maximum Gasteiger partial charge on any atom is 0.308 e. The Bertz CT molecular complexity index is 1130. The smallest absolute Gasteiger partial charge is 0.308 e. The van der Waals surface area contributed by atoms with Crippen molar-refractivity contribution in [2.24, 2.45) is 0 Å². The first kappa shape index (κ1) is 29.8. The zero-order valence-electron chi connectivity index (χ0n) is 22.2. The first-order chi connectivity index (χ1) is 17.6. The number of nitrogens with one attached hydrogen (secondary N) is 1. The molecule has 0 heterocycles. The summed E-state index contributed by atoms with van der Waals surface area (Å²) in [6, 6.07) is 6.27. The molecule has 0 unspecified atom stereocenters. The predicted octanol–water partition coefficient (Wildman–Crippen LogP) is 5.81. The van der Waals surface area contributed by atoms with E-state index in [9.17, 15) is 14.7 Å². The molecule has 0 aliphatic rings. The molecule has 0 radical (unpaired) electrons. The molecule has 0 aliphatic carbocycles. The topological polar surface area (TPSA) is 84.9 Å². The summed E-state index contributed by atoms with van der Waals surface area (Å²) in [6.45, 7) is 15.2. The van der Waals surface area contributed by atoms with Crippen LogP contribution in [-0.4, -0.2) is 36.3 Å². The molecule has 0 aromatic heterocycles. The second-order valence-electron chi connectivity index (χ2n) is 9.04. The van der Waals surface area contributed by atoms with Crippen LogP contribution in [0, 0.1) is 26.6 Å². The van der Waals surface area contributed by atoms with E-state index in [0.717, 1.165) is 29.5 Å². The molecule has 200 valence electrons. The predicted molar refractivity (Wildman–Crippen MR) is 144 cm³/mol. The Labute approximate surface area is 219 Å². The van der Waals surface area contributed by atoms with E-state index in [4.69, 9.17) is 9.47 Å². The Balaban J connectivity index is 2.59. The number of carbonyl (C=O) groups is 2. The number of unbranched alkanes of at least 4 members (excludes halogenated alkanes) is 1. The third-order valence-electron chi connectivity index (χ3n) is 5.89. The van der Waals surface area contributed by atoms with Crippen LogP contribution in [0.3, 0.4) is 0 Å². The SMILES string of the molecule is C=CCCCOc1cc(C)cc(C)c1-c1cc(C)c(F)c([C@H](CC(=O)OCC)NC(=O)[C@H](O)CC=C)c1. The van der Waals surface area contributed by atoms with E-state index in [1.807, 2.05) is 32.1 Å². The molecule has 2 N–H and O–H groups in total. The van der Waals surface area contributed by atoms with Crippen LogP contribution in [0.2, 0.25) is 0 Å². The fourth-order valence-corrected chi connectivity index (χ4v) is 4.18. The van der Waals surface area contributed by atoms with Gasteiger partial charge in [-0.2, -0.15) is 0 Å². The molecule has 2 atom stereocenters. The summed E-state index contributed by atoms with van der Waals surface area (Å²) >= 11 is 0. The summed E-state index contributed by atoms with van der Waals surface area (Å²) in [4.78, 5) is 25.0. The van der Waals surface area contributed by atoms with Gasteiger partial charge in [0.1, 0.15) is 17.7 Å². The van der Waals surface area contributed by atoms with Gasteiger partial charge >= 0.3 is 5.97 Å². The van der Waals surface area contributed by atoms with Crippen LogP contribution in [0.5, 0.6) is 5.75 Å². The lowest BCUT2D eigenvalue weighted by molar-refractivity contribution is -0.144. The van der Waals surface area contributed by atoms with Crippen molar-refractivity contribution in [3.63, 3.8) is 0 Å². The molecule has 0 saturated carbocycles. The highest BCUT2D eigenvalue weighted by Gasteiger charge is 2.27. The van der Waals surface area contributed by atoms with Gasteiger partial charge in [-0.25, -0.2) is 4.39 Å². The number of hydrogen-bond acceptors (Lipinski definition) is 5. The quantitative estimate of drug-likeness (QED) is 0.190. The summed E-state index contributed by atoms with van der Waals surface area (Å²) in [5, 5.41) is 12.7. The third kappa shape index (κ3) is 8.29. The van der Waals surface area contributed by atoms with Gasteiger partial charge in [0.05, 0.1) is 25.7 Å². The molecule has 2 aromatic carbocycles. The third-order valence-corrected chi connectivity index (χ3v) is 5.89. The minimum absolute atomic E-state index is 0.0224. The van der Waals surface area contributed by atoms with Crippen molar-refractivity contribution in [1.82, 2.24) is 5.32 Å². The van der Waals surface area contributed by atoms with Gasteiger partial charge in [-0.05, 0) is 81.0 Å². The fourth-order valence-electron chi connectivity index (χ4n) is 4.18. The molecule has 0 saturated heterocycles. The summed E-state index contributed by atoms with van der Waals surface area (Å²) in [5.41, 5.74) is 3.95. The van der Waals surface area contributed by atoms with E-state index < -0.39 is 29.8 Å². The van der Waals surface area contributed by atoms with Crippen LogP contribution in [0.25, 0.3) is 11.1 Å². The molecule has 6 nitrogen and oxygen atoms in total. The molecule has 1 amide bonds. The van der Waals surface area contributed by atoms with Gasteiger partial charge in [-0.15, -0.1) is 13.2 Å². The van der Waals surface area contributed by atoms with E-state index in [1.54, 1.807) is 26.0 Å². The molecular formula is C30H38FNO5. The number of allylic oxidation sites excluding steroid dienone is 1. The van der Waals surface area contributed by atoms with E-state index >= 15 is 4.39 Å². The highest BCUT2D eigenvalue weighted by atomic mass is 19.1. The molecule has 0 aliphatic heterocycles. The normalized spacial score (nSPS) is 12.4. The van der Waals surface area contributed by atoms with E-state index in [1.165, 1.54) is 6.08 Å². The minimum atomic E-state index is -1.37. The largest absolute Gasteiger partial charge is 0.493 e. The van der Waals surface area contributed by atoms with Crippen molar-refractivity contribution in [3.8, 4) is 16.9 Å². The van der Waals surface area contributed by atoms with E-state index in [2.05, 4.69) is 18.5 Å². The Morgan fingerprint density at radius 2 is 1.84 bits per heavy atom. The summed E-state index contributed by atoms with van der Waals surface area (Å²) < 4.78 is 26.7. The zero-order valence-corrected chi connectivity index (χ0v) is 22.2. The number of ether oxygens (including phenoxy) is 2. The summed E-state index contributed by atoms with van der Waals surface area (Å²) in [6.07, 6.45) is 3.24. The van der Waals surface area contributed by atoms with Gasteiger partial charge in [0, 0.05) is 17.5 Å². The van der Waals surface area contributed by atoms with Crippen LogP contribution < -0.4 is 10.1 Å². The Kier molecular flexibility index (Phi) is 11.5. The van der Waals surface area contributed by atoms with E-state index in [0.29, 0.717) is 23.5 Å². The number of hydrogen-bond donors (Lipinski definition) is 2. The van der Waals surface area contributed by atoms with Gasteiger partial charge in [0.25, 0.3) is 0 Å². The van der Waals surface area contributed by atoms with Crippen molar-refractivity contribution in [1.29, 1.82) is 0 Å². The van der Waals surface area contributed by atoms with Crippen LogP contribution in [0.4, 0.5) is 4.39 Å². The van der Waals surface area contributed by atoms with Gasteiger partial charge < -0.3 is 19.9 Å². The molecule has 0 spiro atoms. The number of aryl methyl sites for hydroxylation is 3. The molecule has 7 heteroatoms. The van der Waals surface area contributed by atoms with Crippen molar-refractivity contribution in [2.75, 3.05) is 13.2 Å². The van der Waals surface area contributed by atoms with Gasteiger partial charge in [0.2, 0.25) is 5.91 Å². The van der Waals surface area contributed by atoms with Crippen LogP contribution >= 0.6 is 0 Å².